The van der Waals surface area contributed by atoms with Gasteiger partial charge in [-0.25, -0.2) is 9.47 Å². The second-order valence-electron chi connectivity index (χ2n) is 3.86. The van der Waals surface area contributed by atoms with Gasteiger partial charge in [-0.15, -0.1) is 10.2 Å². The number of aromatic nitrogens is 3. The summed E-state index contributed by atoms with van der Waals surface area (Å²) in [5.74, 6) is 0.116. The van der Waals surface area contributed by atoms with Crippen LogP contribution >= 0.6 is 15.9 Å². The van der Waals surface area contributed by atoms with Crippen LogP contribution in [0.2, 0.25) is 0 Å². The van der Waals surface area contributed by atoms with Crippen LogP contribution in [-0.2, 0) is 9.53 Å². The minimum absolute atomic E-state index is 0.150. The molecule has 2 rings (SSSR count). The lowest BCUT2D eigenvalue weighted by Crippen LogP contribution is -2.15. The number of hydrogen-bond acceptors (Lipinski definition) is 6. The molecule has 8 heteroatoms. The Morgan fingerprint density at radius 3 is 2.90 bits per heavy atom. The maximum atomic E-state index is 11.3. The van der Waals surface area contributed by atoms with Crippen LogP contribution < -0.4 is 4.74 Å². The molecule has 0 atom stereocenters. The van der Waals surface area contributed by atoms with Crippen molar-refractivity contribution >= 4 is 28.1 Å². The lowest BCUT2D eigenvalue weighted by molar-refractivity contribution is -0.145. The normalized spacial score (nSPS) is 10.8. The van der Waals surface area contributed by atoms with Gasteiger partial charge in [0.15, 0.2) is 6.61 Å². The lowest BCUT2D eigenvalue weighted by atomic mass is 10.2. The molecule has 0 aliphatic heterocycles. The van der Waals surface area contributed by atoms with Gasteiger partial charge in [0.05, 0.1) is 12.8 Å². The molecule has 0 fully saturated rings. The van der Waals surface area contributed by atoms with Gasteiger partial charge in [0.25, 0.3) is 0 Å². The van der Waals surface area contributed by atoms with Crippen LogP contribution in [0.1, 0.15) is 12.5 Å². The smallest absolute Gasteiger partial charge is 0.344 e. The van der Waals surface area contributed by atoms with Crippen molar-refractivity contribution in [2.75, 3.05) is 13.2 Å². The highest BCUT2D eigenvalue weighted by atomic mass is 79.9. The molecule has 0 aliphatic carbocycles. The summed E-state index contributed by atoms with van der Waals surface area (Å²) in [4.78, 5) is 11.3. The number of carbonyl (C=O) groups excluding carboxylic acids is 1. The Labute approximate surface area is 129 Å². The average molecular weight is 353 g/mol. The Bertz CT molecular complexity index is 628. The molecule has 21 heavy (non-hydrogen) atoms. The number of hydrogen-bond donors (Lipinski definition) is 0. The summed E-state index contributed by atoms with van der Waals surface area (Å²) in [7, 11) is 0. The van der Waals surface area contributed by atoms with E-state index in [0.717, 1.165) is 4.47 Å². The molecule has 0 saturated heterocycles. The first-order valence-electron chi connectivity index (χ1n) is 6.16. The van der Waals surface area contributed by atoms with E-state index in [1.54, 1.807) is 19.2 Å². The summed E-state index contributed by atoms with van der Waals surface area (Å²) < 4.78 is 12.6. The van der Waals surface area contributed by atoms with Gasteiger partial charge in [-0.1, -0.05) is 15.9 Å². The highest BCUT2D eigenvalue weighted by Crippen LogP contribution is 2.22. The minimum Gasteiger partial charge on any atom is -0.481 e. The largest absolute Gasteiger partial charge is 0.481 e. The standard InChI is InChI=1S/C13H13BrN4O3/c1-2-20-13(19)7-21-12-4-3-11(14)5-10(12)6-17-18-8-15-16-9-18/h3-6,8-9H,2,7H2,1H3/b17-6-. The van der Waals surface area contributed by atoms with Crippen molar-refractivity contribution in [1.82, 2.24) is 14.9 Å². The predicted octanol–water partition coefficient (Wildman–Crippen LogP) is 1.86. The number of esters is 1. The van der Waals surface area contributed by atoms with Crippen molar-refractivity contribution in [2.45, 2.75) is 6.92 Å². The molecule has 0 unspecified atom stereocenters. The molecule has 0 radical (unpaired) electrons. The molecule has 0 N–H and O–H groups in total. The third-order valence-corrected chi connectivity index (χ3v) is 2.85. The van der Waals surface area contributed by atoms with Crippen LogP contribution in [0, 0.1) is 0 Å². The zero-order chi connectivity index (χ0) is 15.1. The van der Waals surface area contributed by atoms with Crippen molar-refractivity contribution in [3.05, 3.63) is 40.9 Å². The first-order chi connectivity index (χ1) is 10.2. The summed E-state index contributed by atoms with van der Waals surface area (Å²) in [5.41, 5.74) is 0.711. The second-order valence-corrected chi connectivity index (χ2v) is 4.78. The minimum atomic E-state index is -0.415. The SMILES string of the molecule is CCOC(=O)COc1ccc(Br)cc1/C=N\n1cnnc1. The van der Waals surface area contributed by atoms with Crippen molar-refractivity contribution < 1.29 is 14.3 Å². The number of rotatable bonds is 6. The first-order valence-corrected chi connectivity index (χ1v) is 6.95. The molecule has 1 aromatic carbocycles. The summed E-state index contributed by atoms with van der Waals surface area (Å²) in [6.45, 7) is 1.92. The number of benzene rings is 1. The average Bonchev–Trinajstić information content (AvgIpc) is 2.97. The van der Waals surface area contributed by atoms with E-state index in [1.165, 1.54) is 17.3 Å². The fourth-order valence-corrected chi connectivity index (χ4v) is 1.85. The monoisotopic (exact) mass is 352 g/mol. The molecule has 0 bridgehead atoms. The molecular weight excluding hydrogens is 340 g/mol. The van der Waals surface area contributed by atoms with Crippen LogP contribution in [0.4, 0.5) is 0 Å². The maximum Gasteiger partial charge on any atom is 0.344 e. The molecule has 0 aliphatic rings. The Morgan fingerprint density at radius 1 is 1.43 bits per heavy atom. The van der Waals surface area contributed by atoms with Crippen molar-refractivity contribution in [3.8, 4) is 5.75 Å². The Balaban J connectivity index is 2.11. The predicted molar refractivity (Wildman–Crippen MR) is 79.3 cm³/mol. The van der Waals surface area contributed by atoms with E-state index in [9.17, 15) is 4.79 Å². The highest BCUT2D eigenvalue weighted by molar-refractivity contribution is 9.10. The van der Waals surface area contributed by atoms with Crippen molar-refractivity contribution in [1.29, 1.82) is 0 Å². The highest BCUT2D eigenvalue weighted by Gasteiger charge is 2.07. The summed E-state index contributed by atoms with van der Waals surface area (Å²) in [5, 5.41) is 11.5. The van der Waals surface area contributed by atoms with E-state index < -0.39 is 5.97 Å². The van der Waals surface area contributed by atoms with Gasteiger partial charge in [-0.2, -0.15) is 5.10 Å². The van der Waals surface area contributed by atoms with Gasteiger partial charge >= 0.3 is 5.97 Å². The molecule has 110 valence electrons. The number of ether oxygens (including phenoxy) is 2. The molecule has 0 amide bonds. The van der Waals surface area contributed by atoms with E-state index in [0.29, 0.717) is 17.9 Å². The van der Waals surface area contributed by atoms with E-state index >= 15 is 0 Å². The van der Waals surface area contributed by atoms with E-state index in [-0.39, 0.29) is 6.61 Å². The molecule has 1 aromatic heterocycles. The first kappa shape index (κ1) is 15.2. The van der Waals surface area contributed by atoms with Gasteiger partial charge in [-0.05, 0) is 25.1 Å². The zero-order valence-electron chi connectivity index (χ0n) is 11.3. The maximum absolute atomic E-state index is 11.3. The second kappa shape index (κ2) is 7.53. The molecule has 0 saturated carbocycles. The summed E-state index contributed by atoms with van der Waals surface area (Å²) >= 11 is 3.38. The van der Waals surface area contributed by atoms with Gasteiger partial charge in [-0.3, -0.25) is 0 Å². The van der Waals surface area contributed by atoms with Gasteiger partial charge < -0.3 is 9.47 Å². The number of nitrogens with zero attached hydrogens (tertiary/aromatic N) is 4. The van der Waals surface area contributed by atoms with Crippen LogP contribution in [0.5, 0.6) is 5.75 Å². The Hall–Kier alpha value is -2.22. The molecule has 2 aromatic rings. The van der Waals surface area contributed by atoms with Gasteiger partial charge in [0, 0.05) is 10.0 Å². The lowest BCUT2D eigenvalue weighted by Gasteiger charge is -2.08. The molecule has 1 heterocycles. The Kier molecular flexibility index (Phi) is 5.44. The van der Waals surface area contributed by atoms with Gasteiger partial charge in [0.2, 0.25) is 0 Å². The summed E-state index contributed by atoms with van der Waals surface area (Å²) in [6.07, 6.45) is 4.52. The topological polar surface area (TPSA) is 78.6 Å². The van der Waals surface area contributed by atoms with Crippen LogP contribution in [0.25, 0.3) is 0 Å². The zero-order valence-corrected chi connectivity index (χ0v) is 12.9. The fraction of sp³-hybridized carbons (Fsp3) is 0.231. The quantitative estimate of drug-likeness (QED) is 0.585. The van der Waals surface area contributed by atoms with Crippen LogP contribution in [0.3, 0.4) is 0 Å². The van der Waals surface area contributed by atoms with Gasteiger partial charge in [0.1, 0.15) is 18.4 Å². The van der Waals surface area contributed by atoms with Crippen LogP contribution in [-0.4, -0.2) is 40.3 Å². The number of halogens is 1. The van der Waals surface area contributed by atoms with E-state index in [4.69, 9.17) is 9.47 Å². The summed E-state index contributed by atoms with van der Waals surface area (Å²) in [6, 6.07) is 5.39. The molecular formula is C13H13BrN4O3. The van der Waals surface area contributed by atoms with Crippen molar-refractivity contribution in [3.63, 3.8) is 0 Å². The third-order valence-electron chi connectivity index (χ3n) is 2.36. The fourth-order valence-electron chi connectivity index (χ4n) is 1.47. The Morgan fingerprint density at radius 2 is 2.19 bits per heavy atom. The molecule has 7 nitrogen and oxygen atoms in total. The third kappa shape index (κ3) is 4.67. The van der Waals surface area contributed by atoms with E-state index in [2.05, 4.69) is 31.2 Å². The number of carbonyl (C=O) groups is 1. The molecule has 0 spiro atoms. The van der Waals surface area contributed by atoms with E-state index in [1.807, 2.05) is 12.1 Å². The van der Waals surface area contributed by atoms with Crippen LogP contribution in [0.15, 0.2) is 40.4 Å². The van der Waals surface area contributed by atoms with Crippen molar-refractivity contribution in [2.24, 2.45) is 5.10 Å².